The Morgan fingerprint density at radius 1 is 0.941 bits per heavy atom. The maximum Gasteiger partial charge on any atom is 0.328 e. The third-order valence-corrected chi connectivity index (χ3v) is 6.96. The first-order valence-corrected chi connectivity index (χ1v) is 12.1. The Morgan fingerprint density at radius 2 is 1.74 bits per heavy atom. The fourth-order valence-electron chi connectivity index (χ4n) is 4.97. The normalized spacial score (nSPS) is 16.5. The molecule has 176 valence electrons. The summed E-state index contributed by atoms with van der Waals surface area (Å²) in [6.07, 6.45) is 7.47. The number of nitrogens with zero attached hydrogens (tertiary/aromatic N) is 3. The van der Waals surface area contributed by atoms with Crippen LogP contribution in [0.5, 0.6) is 0 Å². The van der Waals surface area contributed by atoms with Crippen LogP contribution in [0.4, 0.5) is 5.69 Å². The summed E-state index contributed by atoms with van der Waals surface area (Å²) in [6.45, 7) is 3.16. The molecule has 0 radical (unpaired) electrons. The molecule has 1 N–H and O–H groups in total. The average molecular weight is 459 g/mol. The topological polar surface area (TPSA) is 78.4 Å². The first-order valence-electron chi connectivity index (χ1n) is 12.1. The number of anilines is 1. The second-order valence-electron chi connectivity index (χ2n) is 9.12. The van der Waals surface area contributed by atoms with Crippen LogP contribution >= 0.6 is 0 Å². The van der Waals surface area contributed by atoms with Crippen LogP contribution in [0.2, 0.25) is 0 Å². The predicted octanol–water partition coefficient (Wildman–Crippen LogP) is 3.54. The summed E-state index contributed by atoms with van der Waals surface area (Å²) in [5.74, 6) is -0.0797. The first-order chi connectivity index (χ1) is 16.6. The van der Waals surface area contributed by atoms with Crippen LogP contribution in [0, 0.1) is 0 Å². The van der Waals surface area contributed by atoms with Gasteiger partial charge in [-0.3, -0.25) is 14.2 Å². The second kappa shape index (κ2) is 9.71. The van der Waals surface area contributed by atoms with Gasteiger partial charge in [0.05, 0.1) is 10.9 Å². The van der Waals surface area contributed by atoms with E-state index in [9.17, 15) is 14.4 Å². The second-order valence-corrected chi connectivity index (χ2v) is 9.12. The fourth-order valence-corrected chi connectivity index (χ4v) is 4.97. The first kappa shape index (κ1) is 22.2. The monoisotopic (exact) mass is 458 g/mol. The number of carbonyl (C=O) groups excluding carboxylic acids is 1. The molecule has 0 unspecified atom stereocenters. The lowest BCUT2D eigenvalue weighted by Gasteiger charge is -2.36. The van der Waals surface area contributed by atoms with Crippen molar-refractivity contribution < 1.29 is 4.79 Å². The number of nitrogens with one attached hydrogen (secondary N) is 1. The Morgan fingerprint density at radius 3 is 2.47 bits per heavy atom. The molecule has 0 saturated carbocycles. The molecule has 7 heteroatoms. The van der Waals surface area contributed by atoms with E-state index >= 15 is 0 Å². The van der Waals surface area contributed by atoms with Crippen molar-refractivity contribution in [2.24, 2.45) is 0 Å². The Labute approximate surface area is 198 Å². The molecule has 1 aliphatic heterocycles. The van der Waals surface area contributed by atoms with Gasteiger partial charge in [0.15, 0.2) is 0 Å². The molecule has 2 aliphatic rings. The number of hydrogen-bond donors (Lipinski definition) is 1. The van der Waals surface area contributed by atoms with Crippen molar-refractivity contribution in [1.82, 2.24) is 14.5 Å². The van der Waals surface area contributed by atoms with E-state index in [-0.39, 0.29) is 11.5 Å². The molecular formula is C27H30N4O3. The summed E-state index contributed by atoms with van der Waals surface area (Å²) in [5, 5.41) is 0.433. The number of hydrogen-bond acceptors (Lipinski definition) is 4. The molecule has 7 nitrogen and oxygen atoms in total. The van der Waals surface area contributed by atoms with Crippen molar-refractivity contribution in [3.63, 3.8) is 0 Å². The standard InChI is InChI=1S/C27H30N4O3/c32-25(30-17-15-29(16-18-30)22-9-5-2-6-10-22)21-11-12-23-24(19-21)28-27(34)31(26(23)33)14-13-20-7-3-1-4-8-20/h2,5-7,9-12,19H,1,3-4,8,13-18H2,(H,28,34). The summed E-state index contributed by atoms with van der Waals surface area (Å²) in [6, 6.07) is 15.2. The van der Waals surface area contributed by atoms with Crippen LogP contribution in [-0.4, -0.2) is 46.5 Å². The molecule has 34 heavy (non-hydrogen) atoms. The lowest BCUT2D eigenvalue weighted by molar-refractivity contribution is 0.0747. The van der Waals surface area contributed by atoms with Crippen molar-refractivity contribution in [2.75, 3.05) is 31.1 Å². The lowest BCUT2D eigenvalue weighted by atomic mass is 9.97. The van der Waals surface area contributed by atoms with E-state index in [1.54, 1.807) is 18.2 Å². The highest BCUT2D eigenvalue weighted by Gasteiger charge is 2.23. The fraction of sp³-hybridized carbons (Fsp3) is 0.370. The van der Waals surface area contributed by atoms with E-state index in [4.69, 9.17) is 0 Å². The number of piperazine rings is 1. The summed E-state index contributed by atoms with van der Waals surface area (Å²) < 4.78 is 1.28. The molecule has 0 bridgehead atoms. The van der Waals surface area contributed by atoms with Crippen LogP contribution < -0.4 is 16.1 Å². The van der Waals surface area contributed by atoms with Gasteiger partial charge in [0.2, 0.25) is 0 Å². The third kappa shape index (κ3) is 4.55. The molecule has 0 spiro atoms. The molecular weight excluding hydrogens is 428 g/mol. The van der Waals surface area contributed by atoms with Crippen LogP contribution in [0.3, 0.4) is 0 Å². The van der Waals surface area contributed by atoms with Gasteiger partial charge >= 0.3 is 5.69 Å². The molecule has 1 amide bonds. The summed E-state index contributed by atoms with van der Waals surface area (Å²) in [5.41, 5.74) is 2.67. The zero-order valence-corrected chi connectivity index (χ0v) is 19.3. The zero-order valence-electron chi connectivity index (χ0n) is 19.3. The van der Waals surface area contributed by atoms with Crippen LogP contribution in [0.1, 0.15) is 42.5 Å². The highest BCUT2D eigenvalue weighted by atomic mass is 16.2. The number of aromatic amines is 1. The number of aromatic nitrogens is 2. The SMILES string of the molecule is O=C(c1ccc2c(=O)n(CCC3=CCCCC3)c(=O)[nH]c2c1)N1CCN(c2ccccc2)CC1. The zero-order chi connectivity index (χ0) is 23.5. The molecule has 5 rings (SSSR count). The van der Waals surface area contributed by atoms with E-state index < -0.39 is 5.69 Å². The van der Waals surface area contributed by atoms with Crippen LogP contribution in [0.25, 0.3) is 10.9 Å². The van der Waals surface area contributed by atoms with E-state index in [1.165, 1.54) is 23.0 Å². The lowest BCUT2D eigenvalue weighted by Crippen LogP contribution is -2.48. The predicted molar refractivity (Wildman–Crippen MR) is 135 cm³/mol. The van der Waals surface area contributed by atoms with Crippen LogP contribution in [0.15, 0.2) is 69.8 Å². The van der Waals surface area contributed by atoms with E-state index in [1.807, 2.05) is 23.1 Å². The maximum atomic E-state index is 13.1. The van der Waals surface area contributed by atoms with E-state index in [0.717, 1.165) is 38.0 Å². The van der Waals surface area contributed by atoms with Crippen molar-refractivity contribution in [2.45, 2.75) is 38.6 Å². The minimum absolute atomic E-state index is 0.0797. The minimum Gasteiger partial charge on any atom is -0.368 e. The van der Waals surface area contributed by atoms with Crippen molar-refractivity contribution >= 4 is 22.5 Å². The van der Waals surface area contributed by atoms with Gasteiger partial charge < -0.3 is 14.8 Å². The highest BCUT2D eigenvalue weighted by molar-refractivity contribution is 5.97. The molecule has 1 saturated heterocycles. The Balaban J connectivity index is 1.31. The summed E-state index contributed by atoms with van der Waals surface area (Å²) >= 11 is 0. The third-order valence-electron chi connectivity index (χ3n) is 6.96. The summed E-state index contributed by atoms with van der Waals surface area (Å²) in [4.78, 5) is 45.7. The Hall–Kier alpha value is -3.61. The van der Waals surface area contributed by atoms with E-state index in [0.29, 0.717) is 36.1 Å². The van der Waals surface area contributed by atoms with Gasteiger partial charge in [-0.25, -0.2) is 4.79 Å². The van der Waals surface area contributed by atoms with Crippen molar-refractivity contribution in [1.29, 1.82) is 0 Å². The molecule has 2 heterocycles. The van der Waals surface area contributed by atoms with Gasteiger partial charge in [-0.1, -0.05) is 29.8 Å². The highest BCUT2D eigenvalue weighted by Crippen LogP contribution is 2.21. The van der Waals surface area contributed by atoms with Gasteiger partial charge in [0.1, 0.15) is 0 Å². The average Bonchev–Trinajstić information content (AvgIpc) is 2.89. The number of benzene rings is 2. The maximum absolute atomic E-state index is 13.1. The van der Waals surface area contributed by atoms with Gasteiger partial charge in [0, 0.05) is 44.0 Å². The molecule has 1 fully saturated rings. The largest absolute Gasteiger partial charge is 0.368 e. The molecule has 0 atom stereocenters. The number of para-hydroxylation sites is 1. The number of fused-ring (bicyclic) bond motifs is 1. The summed E-state index contributed by atoms with van der Waals surface area (Å²) in [7, 11) is 0. The molecule has 3 aromatic rings. The smallest absolute Gasteiger partial charge is 0.328 e. The number of carbonyl (C=O) groups is 1. The molecule has 1 aliphatic carbocycles. The van der Waals surface area contributed by atoms with Crippen molar-refractivity contribution in [3.8, 4) is 0 Å². The minimum atomic E-state index is -0.421. The Kier molecular flexibility index (Phi) is 6.34. The number of allylic oxidation sites excluding steroid dienone is 2. The Bertz CT molecular complexity index is 1330. The molecule has 1 aromatic heterocycles. The molecule has 2 aromatic carbocycles. The number of amides is 1. The number of H-pyrrole nitrogens is 1. The van der Waals surface area contributed by atoms with Gasteiger partial charge in [-0.05, 0) is 62.4 Å². The van der Waals surface area contributed by atoms with Gasteiger partial charge in [-0.2, -0.15) is 0 Å². The van der Waals surface area contributed by atoms with Crippen LogP contribution in [-0.2, 0) is 6.54 Å². The quantitative estimate of drug-likeness (QED) is 0.593. The number of rotatable bonds is 5. The van der Waals surface area contributed by atoms with E-state index in [2.05, 4.69) is 28.1 Å². The van der Waals surface area contributed by atoms with Gasteiger partial charge in [-0.15, -0.1) is 0 Å². The van der Waals surface area contributed by atoms with Gasteiger partial charge in [0.25, 0.3) is 11.5 Å². The van der Waals surface area contributed by atoms with Crippen molar-refractivity contribution in [3.05, 3.63) is 86.6 Å².